The van der Waals surface area contributed by atoms with Gasteiger partial charge in [0.05, 0.1) is 18.9 Å². The van der Waals surface area contributed by atoms with E-state index in [0.29, 0.717) is 17.9 Å². The molecule has 2 N–H and O–H groups in total. The maximum atomic E-state index is 13.5. The molecule has 186 valence electrons. The Balaban J connectivity index is 1.16. The molecule has 5 rings (SSSR count). The number of hydrogen-bond acceptors (Lipinski definition) is 6. The third-order valence-electron chi connectivity index (χ3n) is 6.91. The van der Waals surface area contributed by atoms with Gasteiger partial charge in [-0.3, -0.25) is 4.90 Å². The van der Waals surface area contributed by atoms with Crippen LogP contribution in [0.1, 0.15) is 31.2 Å². The fourth-order valence-corrected chi connectivity index (χ4v) is 5.12. The minimum absolute atomic E-state index is 0.276. The molecule has 1 saturated carbocycles. The molecule has 2 fully saturated rings. The lowest BCUT2D eigenvalue weighted by atomic mass is 9.85. The molecule has 9 heteroatoms. The third-order valence-corrected chi connectivity index (χ3v) is 6.91. The highest BCUT2D eigenvalue weighted by Crippen LogP contribution is 2.29. The van der Waals surface area contributed by atoms with Crippen molar-refractivity contribution in [1.82, 2.24) is 19.7 Å². The van der Waals surface area contributed by atoms with Gasteiger partial charge in [0.25, 0.3) is 0 Å². The summed E-state index contributed by atoms with van der Waals surface area (Å²) in [5.41, 5.74) is 3.29. The standard InChI is InChI=1S/C26H32F2N6O/c1-18-10-22(29-16-19-2-4-24(5-3-19)33-6-8-35-9-7-33)15-23(11-18)31-26-30-17-34(32-26)25-13-20(27)12-21(28)14-25/h10-15,17,19,24,29H,2-9,16H2,1H3,(H,31,32). The predicted octanol–water partition coefficient (Wildman–Crippen LogP) is 4.90. The number of nitrogens with zero attached hydrogens (tertiary/aromatic N) is 4. The van der Waals surface area contributed by atoms with Gasteiger partial charge in [-0.05, 0) is 74.4 Å². The molecule has 35 heavy (non-hydrogen) atoms. The zero-order valence-corrected chi connectivity index (χ0v) is 20.0. The summed E-state index contributed by atoms with van der Waals surface area (Å²) in [6.07, 6.45) is 6.44. The quantitative estimate of drug-likeness (QED) is 0.499. The molecule has 0 bridgehead atoms. The van der Waals surface area contributed by atoms with E-state index in [-0.39, 0.29) is 5.69 Å². The summed E-state index contributed by atoms with van der Waals surface area (Å²) in [4.78, 5) is 6.84. The van der Waals surface area contributed by atoms with Crippen LogP contribution in [-0.2, 0) is 4.74 Å². The summed E-state index contributed by atoms with van der Waals surface area (Å²) < 4.78 is 33.9. The van der Waals surface area contributed by atoms with Crippen LogP contribution in [0, 0.1) is 24.5 Å². The number of halogens is 2. The molecular weight excluding hydrogens is 450 g/mol. The van der Waals surface area contributed by atoms with Crippen LogP contribution >= 0.6 is 0 Å². The van der Waals surface area contributed by atoms with Crippen molar-refractivity contribution in [2.75, 3.05) is 43.5 Å². The molecule has 1 aliphatic carbocycles. The van der Waals surface area contributed by atoms with E-state index in [0.717, 1.165) is 55.9 Å². The van der Waals surface area contributed by atoms with Crippen LogP contribution in [0.25, 0.3) is 5.69 Å². The fourth-order valence-electron chi connectivity index (χ4n) is 5.12. The maximum absolute atomic E-state index is 13.5. The van der Waals surface area contributed by atoms with Crippen molar-refractivity contribution in [3.8, 4) is 5.69 Å². The maximum Gasteiger partial charge on any atom is 0.246 e. The van der Waals surface area contributed by atoms with E-state index in [1.54, 1.807) is 0 Å². The average Bonchev–Trinajstić information content (AvgIpc) is 3.31. The first kappa shape index (κ1) is 23.7. The molecule has 0 atom stereocenters. The minimum atomic E-state index is -0.658. The number of aryl methyl sites for hydroxylation is 1. The molecule has 0 amide bonds. The SMILES string of the molecule is Cc1cc(NCC2CCC(N3CCOCC3)CC2)cc(Nc2ncn(-c3cc(F)cc(F)c3)n2)c1. The summed E-state index contributed by atoms with van der Waals surface area (Å²) in [5, 5.41) is 11.1. The van der Waals surface area contributed by atoms with Gasteiger partial charge in [0.15, 0.2) is 0 Å². The second-order valence-corrected chi connectivity index (χ2v) is 9.56. The van der Waals surface area contributed by atoms with Crippen LogP contribution < -0.4 is 10.6 Å². The molecular formula is C26H32F2N6O. The lowest BCUT2D eigenvalue weighted by Gasteiger charge is -2.38. The first-order chi connectivity index (χ1) is 17.0. The topological polar surface area (TPSA) is 67.2 Å². The van der Waals surface area contributed by atoms with E-state index in [1.165, 1.54) is 48.8 Å². The Bertz CT molecular complexity index is 1120. The van der Waals surface area contributed by atoms with Gasteiger partial charge in [-0.15, -0.1) is 5.10 Å². The normalized spacial score (nSPS) is 21.1. The molecule has 0 spiro atoms. The van der Waals surface area contributed by atoms with Crippen LogP contribution in [0.15, 0.2) is 42.7 Å². The Morgan fingerprint density at radius 2 is 1.66 bits per heavy atom. The van der Waals surface area contributed by atoms with Crippen LogP contribution in [-0.4, -0.2) is 58.6 Å². The Kier molecular flexibility index (Phi) is 7.24. The highest BCUT2D eigenvalue weighted by Gasteiger charge is 2.26. The highest BCUT2D eigenvalue weighted by atomic mass is 19.1. The molecule has 7 nitrogen and oxygen atoms in total. The number of aromatic nitrogens is 3. The number of ether oxygens (including phenoxy) is 1. The van der Waals surface area contributed by atoms with E-state index in [4.69, 9.17) is 4.74 Å². The molecule has 1 saturated heterocycles. The summed E-state index contributed by atoms with van der Waals surface area (Å²) in [5.74, 6) is -0.288. The van der Waals surface area contributed by atoms with Gasteiger partial charge in [-0.1, -0.05) is 0 Å². The summed E-state index contributed by atoms with van der Waals surface area (Å²) in [6.45, 7) is 6.87. The fraction of sp³-hybridized carbons (Fsp3) is 0.462. The zero-order valence-electron chi connectivity index (χ0n) is 20.0. The van der Waals surface area contributed by atoms with Gasteiger partial charge in [-0.25, -0.2) is 13.5 Å². The lowest BCUT2D eigenvalue weighted by Crippen LogP contribution is -2.45. The molecule has 2 aromatic carbocycles. The Labute approximate surface area is 204 Å². The van der Waals surface area contributed by atoms with Gasteiger partial charge in [0.2, 0.25) is 5.95 Å². The number of morpholine rings is 1. The van der Waals surface area contributed by atoms with Gasteiger partial charge in [0, 0.05) is 43.1 Å². The van der Waals surface area contributed by atoms with Gasteiger partial charge in [-0.2, -0.15) is 4.98 Å². The van der Waals surface area contributed by atoms with Gasteiger partial charge in [0.1, 0.15) is 18.0 Å². The van der Waals surface area contributed by atoms with E-state index in [1.807, 2.05) is 19.1 Å². The first-order valence-corrected chi connectivity index (χ1v) is 12.3. The van der Waals surface area contributed by atoms with Crippen LogP contribution in [0.2, 0.25) is 0 Å². The van der Waals surface area contributed by atoms with Crippen molar-refractivity contribution in [3.05, 3.63) is 59.9 Å². The number of benzene rings is 2. The number of nitrogens with one attached hydrogen (secondary N) is 2. The summed E-state index contributed by atoms with van der Waals surface area (Å²) in [7, 11) is 0. The van der Waals surface area contributed by atoms with Crippen molar-refractivity contribution in [3.63, 3.8) is 0 Å². The average molecular weight is 483 g/mol. The summed E-state index contributed by atoms with van der Waals surface area (Å²) in [6, 6.07) is 10.1. The zero-order chi connectivity index (χ0) is 24.2. The Morgan fingerprint density at radius 3 is 2.40 bits per heavy atom. The highest BCUT2D eigenvalue weighted by molar-refractivity contribution is 5.63. The Morgan fingerprint density at radius 1 is 0.943 bits per heavy atom. The van der Waals surface area contributed by atoms with Crippen LogP contribution in [0.3, 0.4) is 0 Å². The van der Waals surface area contributed by atoms with Crippen molar-refractivity contribution >= 4 is 17.3 Å². The minimum Gasteiger partial charge on any atom is -0.385 e. The molecule has 1 aliphatic heterocycles. The second kappa shape index (κ2) is 10.7. The third kappa shape index (κ3) is 6.15. The molecule has 3 aromatic rings. The lowest BCUT2D eigenvalue weighted by molar-refractivity contribution is 0.00540. The van der Waals surface area contributed by atoms with Gasteiger partial charge < -0.3 is 15.4 Å². The summed E-state index contributed by atoms with van der Waals surface area (Å²) >= 11 is 0. The van der Waals surface area contributed by atoms with Crippen molar-refractivity contribution < 1.29 is 13.5 Å². The second-order valence-electron chi connectivity index (χ2n) is 9.56. The Hall–Kier alpha value is -3.04. The molecule has 2 heterocycles. The van der Waals surface area contributed by atoms with Crippen molar-refractivity contribution in [1.29, 1.82) is 0 Å². The van der Waals surface area contributed by atoms with Gasteiger partial charge >= 0.3 is 0 Å². The molecule has 0 unspecified atom stereocenters. The van der Waals surface area contributed by atoms with E-state index in [2.05, 4.69) is 31.7 Å². The molecule has 0 radical (unpaired) electrons. The number of rotatable bonds is 7. The van der Waals surface area contributed by atoms with Crippen LogP contribution in [0.4, 0.5) is 26.1 Å². The van der Waals surface area contributed by atoms with E-state index >= 15 is 0 Å². The van der Waals surface area contributed by atoms with E-state index < -0.39 is 11.6 Å². The van der Waals surface area contributed by atoms with Crippen LogP contribution in [0.5, 0.6) is 0 Å². The first-order valence-electron chi connectivity index (χ1n) is 12.3. The van der Waals surface area contributed by atoms with E-state index in [9.17, 15) is 8.78 Å². The van der Waals surface area contributed by atoms with Crippen molar-refractivity contribution in [2.45, 2.75) is 38.6 Å². The number of hydrogen-bond donors (Lipinski definition) is 2. The predicted molar refractivity (Wildman–Crippen MR) is 132 cm³/mol. The number of anilines is 3. The smallest absolute Gasteiger partial charge is 0.246 e. The monoisotopic (exact) mass is 482 g/mol. The molecule has 1 aromatic heterocycles. The molecule has 2 aliphatic rings. The van der Waals surface area contributed by atoms with Crippen molar-refractivity contribution in [2.24, 2.45) is 5.92 Å². The largest absolute Gasteiger partial charge is 0.385 e.